The average Bonchev–Trinajstić information content (AvgIpc) is 2.64. The Morgan fingerprint density at radius 2 is 2.18 bits per heavy atom. The van der Waals surface area contributed by atoms with Gasteiger partial charge in [0.1, 0.15) is 0 Å². The predicted octanol–water partition coefficient (Wildman–Crippen LogP) is 2.67. The minimum atomic E-state index is 0.302. The van der Waals surface area contributed by atoms with Crippen molar-refractivity contribution in [3.05, 3.63) is 11.1 Å². The molecule has 0 atom stereocenters. The van der Waals surface area contributed by atoms with Gasteiger partial charge in [0.2, 0.25) is 0 Å². The second-order valence-corrected chi connectivity index (χ2v) is 4.99. The summed E-state index contributed by atoms with van der Waals surface area (Å²) in [5, 5.41) is 3.47. The Balaban J connectivity index is 2.27. The van der Waals surface area contributed by atoms with E-state index >= 15 is 0 Å². The SMILES string of the molecule is C=C(Br)CNC(C)(C)C1CC1. The summed E-state index contributed by atoms with van der Waals surface area (Å²) in [7, 11) is 0. The van der Waals surface area contributed by atoms with Crippen molar-refractivity contribution in [3.63, 3.8) is 0 Å². The number of halogens is 1. The first-order valence-electron chi connectivity index (χ1n) is 4.10. The lowest BCUT2D eigenvalue weighted by molar-refractivity contribution is 0.356. The molecule has 0 aromatic rings. The molecule has 0 radical (unpaired) electrons. The quantitative estimate of drug-likeness (QED) is 0.764. The normalized spacial score (nSPS) is 18.5. The lowest BCUT2D eigenvalue weighted by atomic mass is 9.99. The fraction of sp³-hybridized carbons (Fsp3) is 0.778. The Kier molecular flexibility index (Phi) is 2.76. The Morgan fingerprint density at radius 3 is 2.55 bits per heavy atom. The first-order chi connectivity index (χ1) is 5.02. The standard InChI is InChI=1S/C9H16BrN/c1-7(10)6-11-9(2,3)8-4-5-8/h8,11H,1,4-6H2,2-3H3. The topological polar surface area (TPSA) is 12.0 Å². The lowest BCUT2D eigenvalue weighted by Crippen LogP contribution is -2.41. The molecule has 1 nitrogen and oxygen atoms in total. The molecule has 0 bridgehead atoms. The molecule has 1 rings (SSSR count). The van der Waals surface area contributed by atoms with Crippen molar-refractivity contribution in [2.75, 3.05) is 6.54 Å². The van der Waals surface area contributed by atoms with Crippen LogP contribution in [-0.4, -0.2) is 12.1 Å². The van der Waals surface area contributed by atoms with Gasteiger partial charge >= 0.3 is 0 Å². The minimum Gasteiger partial charge on any atom is -0.307 e. The summed E-state index contributed by atoms with van der Waals surface area (Å²) in [4.78, 5) is 0. The van der Waals surface area contributed by atoms with Gasteiger partial charge in [-0.3, -0.25) is 0 Å². The van der Waals surface area contributed by atoms with Crippen molar-refractivity contribution in [1.29, 1.82) is 0 Å². The molecule has 0 aromatic carbocycles. The molecule has 0 saturated heterocycles. The van der Waals surface area contributed by atoms with Crippen molar-refractivity contribution in [2.45, 2.75) is 32.2 Å². The van der Waals surface area contributed by atoms with Gasteiger partial charge < -0.3 is 5.32 Å². The van der Waals surface area contributed by atoms with Gasteiger partial charge in [-0.05, 0) is 32.6 Å². The van der Waals surface area contributed by atoms with Crippen LogP contribution in [-0.2, 0) is 0 Å². The second-order valence-electron chi connectivity index (χ2n) is 3.87. The molecule has 0 unspecified atom stereocenters. The molecule has 0 aliphatic heterocycles. The van der Waals surface area contributed by atoms with E-state index in [2.05, 4.69) is 41.7 Å². The van der Waals surface area contributed by atoms with Crippen molar-refractivity contribution < 1.29 is 0 Å². The fourth-order valence-electron chi connectivity index (χ4n) is 1.27. The van der Waals surface area contributed by atoms with E-state index in [0.29, 0.717) is 5.54 Å². The lowest BCUT2D eigenvalue weighted by Gasteiger charge is -2.25. The Morgan fingerprint density at radius 1 is 1.64 bits per heavy atom. The second kappa shape index (κ2) is 3.28. The van der Waals surface area contributed by atoms with Gasteiger partial charge in [0, 0.05) is 16.6 Å². The molecule has 0 amide bonds. The van der Waals surface area contributed by atoms with Crippen LogP contribution >= 0.6 is 15.9 Å². The molecule has 64 valence electrons. The maximum absolute atomic E-state index is 3.79. The van der Waals surface area contributed by atoms with E-state index in [1.165, 1.54) is 12.8 Å². The third kappa shape index (κ3) is 2.96. The van der Waals surface area contributed by atoms with E-state index in [0.717, 1.165) is 16.9 Å². The first kappa shape index (κ1) is 9.27. The summed E-state index contributed by atoms with van der Waals surface area (Å²) in [5.41, 5.74) is 0.302. The highest BCUT2D eigenvalue weighted by atomic mass is 79.9. The number of hydrogen-bond donors (Lipinski definition) is 1. The van der Waals surface area contributed by atoms with Crippen molar-refractivity contribution >= 4 is 15.9 Å². The monoisotopic (exact) mass is 217 g/mol. The van der Waals surface area contributed by atoms with Crippen LogP contribution in [0.1, 0.15) is 26.7 Å². The fourth-order valence-corrected chi connectivity index (χ4v) is 1.41. The van der Waals surface area contributed by atoms with E-state index in [9.17, 15) is 0 Å². The summed E-state index contributed by atoms with van der Waals surface area (Å²) in [6.45, 7) is 9.20. The number of rotatable bonds is 4. The largest absolute Gasteiger partial charge is 0.307 e. The average molecular weight is 218 g/mol. The highest BCUT2D eigenvalue weighted by molar-refractivity contribution is 9.11. The van der Waals surface area contributed by atoms with E-state index in [1.54, 1.807) is 0 Å². The summed E-state index contributed by atoms with van der Waals surface area (Å²) in [5.74, 6) is 0.884. The third-order valence-corrected chi connectivity index (χ3v) is 2.61. The highest BCUT2D eigenvalue weighted by Gasteiger charge is 2.36. The van der Waals surface area contributed by atoms with E-state index in [4.69, 9.17) is 0 Å². The van der Waals surface area contributed by atoms with Crippen LogP contribution in [0.25, 0.3) is 0 Å². The molecule has 2 heteroatoms. The smallest absolute Gasteiger partial charge is 0.0270 e. The molecule has 1 saturated carbocycles. The van der Waals surface area contributed by atoms with Gasteiger partial charge in [0.25, 0.3) is 0 Å². The minimum absolute atomic E-state index is 0.302. The molecule has 1 aliphatic carbocycles. The van der Waals surface area contributed by atoms with Crippen molar-refractivity contribution in [1.82, 2.24) is 5.32 Å². The molecule has 11 heavy (non-hydrogen) atoms. The zero-order valence-corrected chi connectivity index (χ0v) is 8.87. The van der Waals surface area contributed by atoms with Gasteiger partial charge in [0.05, 0.1) is 0 Å². The molecule has 0 spiro atoms. The molecule has 1 aliphatic rings. The van der Waals surface area contributed by atoms with Gasteiger partial charge in [-0.25, -0.2) is 0 Å². The van der Waals surface area contributed by atoms with E-state index in [-0.39, 0.29) is 0 Å². The maximum Gasteiger partial charge on any atom is 0.0270 e. The molecular formula is C9H16BrN. The van der Waals surface area contributed by atoms with Crippen LogP contribution in [0.3, 0.4) is 0 Å². The van der Waals surface area contributed by atoms with Crippen molar-refractivity contribution in [3.8, 4) is 0 Å². The Bertz CT molecular complexity index is 159. The van der Waals surface area contributed by atoms with Crippen LogP contribution in [0, 0.1) is 5.92 Å². The summed E-state index contributed by atoms with van der Waals surface area (Å²) in [6, 6.07) is 0. The molecule has 0 heterocycles. The van der Waals surface area contributed by atoms with Crippen LogP contribution in [0.4, 0.5) is 0 Å². The van der Waals surface area contributed by atoms with Crippen LogP contribution in [0.2, 0.25) is 0 Å². The van der Waals surface area contributed by atoms with Gasteiger partial charge in [-0.2, -0.15) is 0 Å². The van der Waals surface area contributed by atoms with E-state index < -0.39 is 0 Å². The Labute approximate surface area is 77.4 Å². The van der Waals surface area contributed by atoms with Crippen molar-refractivity contribution in [2.24, 2.45) is 5.92 Å². The molecular weight excluding hydrogens is 202 g/mol. The molecule has 1 fully saturated rings. The summed E-state index contributed by atoms with van der Waals surface area (Å²) >= 11 is 3.34. The third-order valence-electron chi connectivity index (χ3n) is 2.33. The predicted molar refractivity (Wildman–Crippen MR) is 52.9 cm³/mol. The van der Waals surface area contributed by atoms with Gasteiger partial charge in [-0.1, -0.05) is 22.5 Å². The van der Waals surface area contributed by atoms with Crippen LogP contribution < -0.4 is 5.32 Å². The van der Waals surface area contributed by atoms with Crippen LogP contribution in [0.5, 0.6) is 0 Å². The zero-order chi connectivity index (χ0) is 8.48. The van der Waals surface area contributed by atoms with Crippen LogP contribution in [0.15, 0.2) is 11.1 Å². The first-order valence-corrected chi connectivity index (χ1v) is 4.90. The Hall–Kier alpha value is 0.180. The highest BCUT2D eigenvalue weighted by Crippen LogP contribution is 2.39. The van der Waals surface area contributed by atoms with Gasteiger partial charge in [-0.15, -0.1) is 0 Å². The summed E-state index contributed by atoms with van der Waals surface area (Å²) in [6.07, 6.45) is 2.77. The molecule has 0 aromatic heterocycles. The molecule has 1 N–H and O–H groups in total. The van der Waals surface area contributed by atoms with E-state index in [1.807, 2.05) is 0 Å². The summed E-state index contributed by atoms with van der Waals surface area (Å²) < 4.78 is 1.03. The number of nitrogens with one attached hydrogen (secondary N) is 1. The maximum atomic E-state index is 3.79. The number of hydrogen-bond acceptors (Lipinski definition) is 1. The van der Waals surface area contributed by atoms with Gasteiger partial charge in [0.15, 0.2) is 0 Å². The zero-order valence-electron chi connectivity index (χ0n) is 7.28.